The molecular formula is C24H31FN6. The van der Waals surface area contributed by atoms with E-state index in [1.54, 1.807) is 13.0 Å². The van der Waals surface area contributed by atoms with Gasteiger partial charge in [0.25, 0.3) is 0 Å². The number of hydrogen-bond donors (Lipinski definition) is 2. The minimum absolute atomic E-state index is 0.232. The first-order valence-corrected chi connectivity index (χ1v) is 11.5. The number of halogens is 1. The van der Waals surface area contributed by atoms with Gasteiger partial charge < -0.3 is 15.2 Å². The predicted molar refractivity (Wildman–Crippen MR) is 122 cm³/mol. The number of nitrogens with one attached hydrogen (secondary N) is 2. The molecule has 7 heteroatoms. The smallest absolute Gasteiger partial charge is 0.222 e. The SMILES string of the molecule is Cc1c(F)ccc2[nH]c(-c3cnc(NCCCC4CCN(C)CC4)nc3C3CC3)nc12. The monoisotopic (exact) mass is 422 g/mol. The highest BCUT2D eigenvalue weighted by molar-refractivity contribution is 5.82. The normalized spacial score (nSPS) is 18.0. The van der Waals surface area contributed by atoms with E-state index in [1.807, 2.05) is 6.20 Å². The van der Waals surface area contributed by atoms with Crippen LogP contribution >= 0.6 is 0 Å². The van der Waals surface area contributed by atoms with Gasteiger partial charge >= 0.3 is 0 Å². The fourth-order valence-electron chi connectivity index (χ4n) is 4.59. The van der Waals surface area contributed by atoms with E-state index in [1.165, 1.54) is 38.4 Å². The first-order valence-electron chi connectivity index (χ1n) is 11.5. The molecule has 1 saturated carbocycles. The van der Waals surface area contributed by atoms with Gasteiger partial charge in [-0.05, 0) is 83.6 Å². The summed E-state index contributed by atoms with van der Waals surface area (Å²) >= 11 is 0. The molecule has 2 aliphatic rings. The molecule has 6 nitrogen and oxygen atoms in total. The summed E-state index contributed by atoms with van der Waals surface area (Å²) in [4.78, 5) is 19.8. The highest BCUT2D eigenvalue weighted by Gasteiger charge is 2.30. The van der Waals surface area contributed by atoms with Crippen LogP contribution in [0.5, 0.6) is 0 Å². The molecule has 0 unspecified atom stereocenters. The van der Waals surface area contributed by atoms with E-state index < -0.39 is 0 Å². The second-order valence-electron chi connectivity index (χ2n) is 9.24. The van der Waals surface area contributed by atoms with Crippen LogP contribution in [0.25, 0.3) is 22.4 Å². The maximum atomic E-state index is 13.9. The van der Waals surface area contributed by atoms with E-state index in [-0.39, 0.29) is 5.82 Å². The van der Waals surface area contributed by atoms with Crippen LogP contribution in [0.15, 0.2) is 18.3 Å². The van der Waals surface area contributed by atoms with Crippen LogP contribution in [-0.2, 0) is 0 Å². The van der Waals surface area contributed by atoms with E-state index >= 15 is 0 Å². The van der Waals surface area contributed by atoms with Crippen molar-refractivity contribution in [2.75, 3.05) is 32.0 Å². The molecule has 0 spiro atoms. The lowest BCUT2D eigenvalue weighted by atomic mass is 9.92. The van der Waals surface area contributed by atoms with Crippen molar-refractivity contribution in [1.82, 2.24) is 24.8 Å². The number of benzene rings is 1. The number of aryl methyl sites for hydroxylation is 1. The quantitative estimate of drug-likeness (QED) is 0.531. The summed E-state index contributed by atoms with van der Waals surface area (Å²) in [5.74, 6) is 2.50. The van der Waals surface area contributed by atoms with Gasteiger partial charge in [0, 0.05) is 24.2 Å². The molecule has 2 fully saturated rings. The van der Waals surface area contributed by atoms with Gasteiger partial charge in [0.1, 0.15) is 11.6 Å². The van der Waals surface area contributed by atoms with Gasteiger partial charge in [-0.25, -0.2) is 19.3 Å². The molecule has 3 heterocycles. The maximum Gasteiger partial charge on any atom is 0.222 e. The number of piperidine rings is 1. The second kappa shape index (κ2) is 8.54. The third kappa shape index (κ3) is 4.42. The van der Waals surface area contributed by atoms with Crippen LogP contribution in [0.4, 0.5) is 10.3 Å². The molecule has 0 atom stereocenters. The maximum absolute atomic E-state index is 13.9. The third-order valence-corrected chi connectivity index (χ3v) is 6.79. The van der Waals surface area contributed by atoms with Crippen LogP contribution in [-0.4, -0.2) is 51.5 Å². The third-order valence-electron chi connectivity index (χ3n) is 6.79. The van der Waals surface area contributed by atoms with Crippen molar-refractivity contribution in [3.8, 4) is 11.4 Å². The largest absolute Gasteiger partial charge is 0.354 e. The molecule has 0 radical (unpaired) electrons. The molecule has 5 rings (SSSR count). The zero-order chi connectivity index (χ0) is 21.4. The Bertz CT molecular complexity index is 1070. The highest BCUT2D eigenvalue weighted by Crippen LogP contribution is 2.43. The number of fused-ring (bicyclic) bond motifs is 1. The van der Waals surface area contributed by atoms with E-state index in [4.69, 9.17) is 4.98 Å². The van der Waals surface area contributed by atoms with E-state index in [0.29, 0.717) is 22.9 Å². The summed E-state index contributed by atoms with van der Waals surface area (Å²) in [6.07, 6.45) is 9.20. The predicted octanol–water partition coefficient (Wildman–Crippen LogP) is 4.88. The van der Waals surface area contributed by atoms with Crippen molar-refractivity contribution in [3.63, 3.8) is 0 Å². The Labute approximate surface area is 182 Å². The Morgan fingerprint density at radius 1 is 1.16 bits per heavy atom. The van der Waals surface area contributed by atoms with E-state index in [0.717, 1.165) is 54.3 Å². The first kappa shape index (κ1) is 20.4. The zero-order valence-corrected chi connectivity index (χ0v) is 18.4. The lowest BCUT2D eigenvalue weighted by Crippen LogP contribution is -2.30. The van der Waals surface area contributed by atoms with Crippen LogP contribution in [0, 0.1) is 18.7 Å². The highest BCUT2D eigenvalue weighted by atomic mass is 19.1. The lowest BCUT2D eigenvalue weighted by molar-refractivity contribution is 0.211. The Kier molecular flexibility index (Phi) is 5.61. The van der Waals surface area contributed by atoms with Gasteiger partial charge in [-0.15, -0.1) is 0 Å². The van der Waals surface area contributed by atoms with Crippen LogP contribution < -0.4 is 5.32 Å². The van der Waals surface area contributed by atoms with Crippen molar-refractivity contribution in [1.29, 1.82) is 0 Å². The van der Waals surface area contributed by atoms with Gasteiger partial charge in [0.2, 0.25) is 5.95 Å². The molecule has 31 heavy (non-hydrogen) atoms. The summed E-state index contributed by atoms with van der Waals surface area (Å²) in [7, 11) is 2.21. The second-order valence-corrected chi connectivity index (χ2v) is 9.24. The molecule has 2 N–H and O–H groups in total. The van der Waals surface area contributed by atoms with Crippen LogP contribution in [0.1, 0.15) is 55.7 Å². The van der Waals surface area contributed by atoms with Gasteiger partial charge in [-0.3, -0.25) is 0 Å². The van der Waals surface area contributed by atoms with E-state index in [2.05, 4.69) is 32.2 Å². The van der Waals surface area contributed by atoms with Crippen molar-refractivity contribution in [2.45, 2.75) is 51.4 Å². The number of rotatable bonds is 7. The summed E-state index contributed by atoms with van der Waals surface area (Å²) in [5.41, 5.74) is 4.05. The molecular weight excluding hydrogens is 391 g/mol. The summed E-state index contributed by atoms with van der Waals surface area (Å²) in [5, 5.41) is 3.43. The Morgan fingerprint density at radius 3 is 2.74 bits per heavy atom. The summed E-state index contributed by atoms with van der Waals surface area (Å²) < 4.78 is 13.9. The average Bonchev–Trinajstić information content (AvgIpc) is 3.54. The number of likely N-dealkylation sites (tertiary alicyclic amines) is 1. The van der Waals surface area contributed by atoms with Crippen molar-refractivity contribution >= 4 is 17.0 Å². The fraction of sp³-hybridized carbons (Fsp3) is 0.542. The van der Waals surface area contributed by atoms with Gasteiger partial charge in [-0.2, -0.15) is 0 Å². The van der Waals surface area contributed by atoms with Gasteiger partial charge in [0.05, 0.1) is 22.3 Å². The molecule has 2 aromatic heterocycles. The number of hydrogen-bond acceptors (Lipinski definition) is 5. The molecule has 3 aromatic rings. The van der Waals surface area contributed by atoms with E-state index in [9.17, 15) is 4.39 Å². The van der Waals surface area contributed by atoms with Gasteiger partial charge in [-0.1, -0.05) is 0 Å². The number of H-pyrrole nitrogens is 1. The number of aromatic amines is 1. The number of nitrogens with zero attached hydrogens (tertiary/aromatic N) is 4. The molecule has 1 aliphatic heterocycles. The van der Waals surface area contributed by atoms with Crippen LogP contribution in [0.3, 0.4) is 0 Å². The van der Waals surface area contributed by atoms with Gasteiger partial charge in [0.15, 0.2) is 0 Å². The molecule has 164 valence electrons. The zero-order valence-electron chi connectivity index (χ0n) is 18.4. The van der Waals surface area contributed by atoms with Crippen molar-refractivity contribution < 1.29 is 4.39 Å². The molecule has 1 saturated heterocycles. The Balaban J connectivity index is 1.28. The molecule has 1 aliphatic carbocycles. The Morgan fingerprint density at radius 2 is 1.97 bits per heavy atom. The number of anilines is 1. The molecule has 0 bridgehead atoms. The summed E-state index contributed by atoms with van der Waals surface area (Å²) in [6.45, 7) is 5.11. The topological polar surface area (TPSA) is 69.7 Å². The standard InChI is InChI=1S/C24H31FN6/c1-15-19(25)7-8-20-21(15)29-23(28-20)18-14-27-24(30-22(18)17-5-6-17)26-11-3-4-16-9-12-31(2)13-10-16/h7-8,14,16-17H,3-6,9-13H2,1-2H3,(H,28,29)(H,26,27,30). The minimum atomic E-state index is -0.232. The fourth-order valence-corrected chi connectivity index (χ4v) is 4.59. The van der Waals surface area contributed by atoms with Crippen molar-refractivity contribution in [3.05, 3.63) is 35.4 Å². The molecule has 0 amide bonds. The Hall–Kier alpha value is -2.54. The number of imidazole rings is 1. The molecule has 1 aromatic carbocycles. The first-order chi connectivity index (χ1) is 15.1. The van der Waals surface area contributed by atoms with Crippen molar-refractivity contribution in [2.24, 2.45) is 5.92 Å². The average molecular weight is 423 g/mol. The lowest BCUT2D eigenvalue weighted by Gasteiger charge is -2.28. The van der Waals surface area contributed by atoms with Crippen LogP contribution in [0.2, 0.25) is 0 Å². The summed E-state index contributed by atoms with van der Waals surface area (Å²) in [6, 6.07) is 3.22. The number of aromatic nitrogens is 4. The minimum Gasteiger partial charge on any atom is -0.354 e.